The van der Waals surface area contributed by atoms with E-state index in [1.165, 1.54) is 5.56 Å². The molecule has 0 saturated heterocycles. The lowest BCUT2D eigenvalue weighted by molar-refractivity contribution is 0.402. The lowest BCUT2D eigenvalue weighted by atomic mass is 9.80. The summed E-state index contributed by atoms with van der Waals surface area (Å²) >= 11 is 0. The summed E-state index contributed by atoms with van der Waals surface area (Å²) in [5.74, 6) is 0.782. The van der Waals surface area contributed by atoms with E-state index >= 15 is 0 Å². The first kappa shape index (κ1) is 22.0. The molecule has 26 heavy (non-hydrogen) atoms. The van der Waals surface area contributed by atoms with Crippen LogP contribution in [-0.4, -0.2) is 29.2 Å². The van der Waals surface area contributed by atoms with Crippen LogP contribution in [0.2, 0.25) is 0 Å². The number of nitrogens with zero attached hydrogens (tertiary/aromatic N) is 1. The molecular weight excluding hydrogens is 322 g/mol. The van der Waals surface area contributed by atoms with Crippen LogP contribution in [0, 0.1) is 0 Å². The second kappa shape index (κ2) is 8.59. The summed E-state index contributed by atoms with van der Waals surface area (Å²) in [7, 11) is 4.04. The van der Waals surface area contributed by atoms with Crippen LogP contribution >= 0.6 is 0 Å². The first-order chi connectivity index (χ1) is 11.8. The molecule has 0 atom stereocenters. The van der Waals surface area contributed by atoms with Crippen molar-refractivity contribution in [3.63, 3.8) is 0 Å². The van der Waals surface area contributed by atoms with Crippen molar-refractivity contribution in [3.8, 4) is 11.5 Å². The van der Waals surface area contributed by atoms with Crippen molar-refractivity contribution in [2.24, 2.45) is 0 Å². The fourth-order valence-corrected chi connectivity index (χ4v) is 2.72. The molecule has 3 nitrogen and oxygen atoms in total. The second-order valence-electron chi connectivity index (χ2n) is 9.11. The average Bonchev–Trinajstić information content (AvgIpc) is 2.47. The van der Waals surface area contributed by atoms with Crippen LogP contribution in [0.4, 0.5) is 0 Å². The lowest BCUT2D eigenvalue weighted by Crippen LogP contribution is -2.16. The normalized spacial score (nSPS) is 11.9. The van der Waals surface area contributed by atoms with E-state index in [0.717, 1.165) is 17.7 Å². The van der Waals surface area contributed by atoms with Crippen molar-refractivity contribution in [2.45, 2.75) is 58.9 Å². The molecule has 0 fully saturated rings. The molecule has 2 rings (SSSR count). The highest BCUT2D eigenvalue weighted by molar-refractivity contribution is 5.46. The van der Waals surface area contributed by atoms with E-state index in [4.69, 9.17) is 5.11 Å². The molecule has 3 heteroatoms. The van der Waals surface area contributed by atoms with Gasteiger partial charge in [-0.1, -0.05) is 71.9 Å². The molecule has 0 aliphatic carbocycles. The van der Waals surface area contributed by atoms with Crippen LogP contribution in [0.15, 0.2) is 42.5 Å². The number of phenols is 2. The Bertz CT molecular complexity index is 657. The molecule has 0 amide bonds. The van der Waals surface area contributed by atoms with Gasteiger partial charge in [0, 0.05) is 6.54 Å². The van der Waals surface area contributed by atoms with Gasteiger partial charge in [0.1, 0.15) is 11.5 Å². The molecule has 0 radical (unpaired) electrons. The number of para-hydroxylation sites is 1. The van der Waals surface area contributed by atoms with Gasteiger partial charge in [0.15, 0.2) is 0 Å². The van der Waals surface area contributed by atoms with Gasteiger partial charge in [0.2, 0.25) is 0 Å². The summed E-state index contributed by atoms with van der Waals surface area (Å²) in [6, 6.07) is 13.3. The molecular formula is C23H35NO2. The first-order valence-corrected chi connectivity index (χ1v) is 9.08. The summed E-state index contributed by atoms with van der Waals surface area (Å²) < 4.78 is 0. The predicted octanol–water partition coefficient (Wildman–Crippen LogP) is 5.44. The number of hydrogen-bond donors (Lipinski definition) is 2. The summed E-state index contributed by atoms with van der Waals surface area (Å²) in [4.78, 5) is 2.09. The third kappa shape index (κ3) is 6.72. The molecule has 0 bridgehead atoms. The minimum Gasteiger partial charge on any atom is -0.508 e. The van der Waals surface area contributed by atoms with Gasteiger partial charge < -0.3 is 15.1 Å². The predicted molar refractivity (Wildman–Crippen MR) is 111 cm³/mol. The number of aromatic hydroxyl groups is 2. The minimum atomic E-state index is -0.00859. The van der Waals surface area contributed by atoms with Crippen molar-refractivity contribution in [1.82, 2.24) is 4.90 Å². The highest BCUT2D eigenvalue weighted by Crippen LogP contribution is 2.38. The highest BCUT2D eigenvalue weighted by Gasteiger charge is 2.24. The van der Waals surface area contributed by atoms with Gasteiger partial charge in [0.05, 0.1) is 0 Å². The van der Waals surface area contributed by atoms with E-state index in [0.29, 0.717) is 11.5 Å². The first-order valence-electron chi connectivity index (χ1n) is 9.08. The fraction of sp³-hybridized carbons (Fsp3) is 0.478. The molecule has 0 spiro atoms. The maximum absolute atomic E-state index is 10.3. The lowest BCUT2D eigenvalue weighted by Gasteiger charge is -2.26. The number of hydrogen-bond acceptors (Lipinski definition) is 3. The van der Waals surface area contributed by atoms with Crippen molar-refractivity contribution in [2.75, 3.05) is 14.1 Å². The van der Waals surface area contributed by atoms with Crippen molar-refractivity contribution < 1.29 is 10.2 Å². The van der Waals surface area contributed by atoms with E-state index in [1.54, 1.807) is 12.1 Å². The van der Waals surface area contributed by atoms with Crippen LogP contribution in [0.5, 0.6) is 11.5 Å². The van der Waals surface area contributed by atoms with Gasteiger partial charge in [-0.25, -0.2) is 0 Å². The highest BCUT2D eigenvalue weighted by atomic mass is 16.3. The zero-order chi connectivity index (χ0) is 20.1. The zero-order valence-electron chi connectivity index (χ0n) is 17.6. The molecule has 0 saturated carbocycles. The Balaban J connectivity index is 0.000000273. The quantitative estimate of drug-likeness (QED) is 0.752. The second-order valence-corrected chi connectivity index (χ2v) is 9.11. The fourth-order valence-electron chi connectivity index (χ4n) is 2.72. The standard InChI is InChI=1S/C14H22O.C9H13NO/c1-13(2,3)10-8-7-9-11(12(10)15)14(4,5)6;1-10(2)7-8-3-5-9(11)6-4-8/h7-9,15H,1-6H3;3-6,11H,7H2,1-2H3. The number of phenolic OH excluding ortho intramolecular Hbond substituents is 2. The summed E-state index contributed by atoms with van der Waals surface area (Å²) in [5.41, 5.74) is 3.24. The largest absolute Gasteiger partial charge is 0.508 e. The van der Waals surface area contributed by atoms with Gasteiger partial charge in [-0.3, -0.25) is 0 Å². The van der Waals surface area contributed by atoms with E-state index in [1.807, 2.05) is 44.4 Å². The van der Waals surface area contributed by atoms with E-state index < -0.39 is 0 Å². The van der Waals surface area contributed by atoms with Crippen molar-refractivity contribution in [3.05, 3.63) is 59.2 Å². The molecule has 2 N–H and O–H groups in total. The van der Waals surface area contributed by atoms with Crippen LogP contribution in [0.25, 0.3) is 0 Å². The van der Waals surface area contributed by atoms with Crippen LogP contribution < -0.4 is 0 Å². The molecule has 2 aromatic carbocycles. The Morgan fingerprint density at radius 1 is 0.731 bits per heavy atom. The smallest absolute Gasteiger partial charge is 0.123 e. The van der Waals surface area contributed by atoms with E-state index in [2.05, 4.69) is 46.4 Å². The molecule has 0 aliphatic rings. The average molecular weight is 358 g/mol. The van der Waals surface area contributed by atoms with E-state index in [9.17, 15) is 5.11 Å². The zero-order valence-corrected chi connectivity index (χ0v) is 17.6. The van der Waals surface area contributed by atoms with Crippen LogP contribution in [0.3, 0.4) is 0 Å². The van der Waals surface area contributed by atoms with Gasteiger partial charge in [-0.2, -0.15) is 0 Å². The molecule has 0 heterocycles. The number of rotatable bonds is 2. The third-order valence-electron chi connectivity index (χ3n) is 4.09. The topological polar surface area (TPSA) is 43.7 Å². The molecule has 0 aromatic heterocycles. The SMILES string of the molecule is CC(C)(C)c1cccc(C(C)(C)C)c1O.CN(C)Cc1ccc(O)cc1. The molecule has 0 unspecified atom stereocenters. The Morgan fingerprint density at radius 3 is 1.50 bits per heavy atom. The number of benzene rings is 2. The Kier molecular flexibility index (Phi) is 7.28. The van der Waals surface area contributed by atoms with Crippen LogP contribution in [-0.2, 0) is 17.4 Å². The van der Waals surface area contributed by atoms with Crippen molar-refractivity contribution >= 4 is 0 Å². The Hall–Kier alpha value is -2.00. The van der Waals surface area contributed by atoms with E-state index in [-0.39, 0.29) is 10.8 Å². The summed E-state index contributed by atoms with van der Waals surface area (Å²) in [6.07, 6.45) is 0. The van der Waals surface area contributed by atoms with Gasteiger partial charge in [-0.15, -0.1) is 0 Å². The Morgan fingerprint density at radius 2 is 1.15 bits per heavy atom. The maximum atomic E-state index is 10.3. The molecule has 2 aromatic rings. The van der Waals surface area contributed by atoms with Gasteiger partial charge in [-0.05, 0) is 53.7 Å². The summed E-state index contributed by atoms with van der Waals surface area (Å²) in [6.45, 7) is 13.6. The minimum absolute atomic E-state index is 0.00859. The molecule has 0 aliphatic heterocycles. The van der Waals surface area contributed by atoms with Crippen molar-refractivity contribution in [1.29, 1.82) is 0 Å². The van der Waals surface area contributed by atoms with Gasteiger partial charge in [0.25, 0.3) is 0 Å². The monoisotopic (exact) mass is 357 g/mol. The van der Waals surface area contributed by atoms with Crippen LogP contribution in [0.1, 0.15) is 58.2 Å². The maximum Gasteiger partial charge on any atom is 0.123 e. The Labute approximate surface area is 159 Å². The molecule has 144 valence electrons. The third-order valence-corrected chi connectivity index (χ3v) is 4.09. The summed E-state index contributed by atoms with van der Waals surface area (Å²) in [5, 5.41) is 19.2. The van der Waals surface area contributed by atoms with Gasteiger partial charge >= 0.3 is 0 Å².